The number of rotatable bonds is 3. The van der Waals surface area contributed by atoms with Crippen molar-refractivity contribution in [2.45, 2.75) is 13.5 Å². The lowest BCUT2D eigenvalue weighted by molar-refractivity contribution is 0.207. The minimum absolute atomic E-state index is 0.0516. The Bertz CT molecular complexity index is 287. The molecule has 0 radical (unpaired) electrons. The summed E-state index contributed by atoms with van der Waals surface area (Å²) in [6, 6.07) is 3.75. The second-order valence-corrected chi connectivity index (χ2v) is 3.05. The van der Waals surface area contributed by atoms with Crippen LogP contribution in [-0.2, 0) is 6.54 Å². The van der Waals surface area contributed by atoms with Crippen molar-refractivity contribution < 1.29 is 4.79 Å². The summed E-state index contributed by atoms with van der Waals surface area (Å²) in [6.07, 6.45) is 3.45. The van der Waals surface area contributed by atoms with Crippen LogP contribution >= 0.6 is 0 Å². The Morgan fingerprint density at radius 2 is 2.14 bits per heavy atom. The van der Waals surface area contributed by atoms with E-state index in [1.165, 1.54) is 0 Å². The molecule has 76 valence electrons. The quantitative estimate of drug-likeness (QED) is 0.785. The van der Waals surface area contributed by atoms with Gasteiger partial charge in [-0.2, -0.15) is 0 Å². The molecule has 0 fully saturated rings. The lowest BCUT2D eigenvalue weighted by Crippen LogP contribution is -2.36. The predicted octanol–water partition coefficient (Wildman–Crippen LogP) is 1.24. The summed E-state index contributed by atoms with van der Waals surface area (Å²) in [5, 5.41) is 2.74. The molecule has 4 nitrogen and oxygen atoms in total. The number of amides is 2. The summed E-state index contributed by atoms with van der Waals surface area (Å²) in [5.41, 5.74) is 1.08. The molecule has 0 unspecified atom stereocenters. The van der Waals surface area contributed by atoms with E-state index in [-0.39, 0.29) is 6.03 Å². The van der Waals surface area contributed by atoms with Gasteiger partial charge >= 0.3 is 6.03 Å². The topological polar surface area (TPSA) is 45.2 Å². The van der Waals surface area contributed by atoms with Crippen LogP contribution in [0.15, 0.2) is 24.5 Å². The molecule has 0 saturated heterocycles. The molecule has 4 heteroatoms. The maximum atomic E-state index is 11.3. The average Bonchev–Trinajstić information content (AvgIpc) is 2.19. The Hall–Kier alpha value is -1.58. The van der Waals surface area contributed by atoms with Crippen LogP contribution in [0.25, 0.3) is 0 Å². The minimum Gasteiger partial charge on any atom is -0.338 e. The molecule has 14 heavy (non-hydrogen) atoms. The minimum atomic E-state index is -0.0516. The molecule has 0 spiro atoms. The summed E-state index contributed by atoms with van der Waals surface area (Å²) in [7, 11) is 1.77. The third-order valence-electron chi connectivity index (χ3n) is 1.84. The number of carbonyl (C=O) groups excluding carboxylic acids is 1. The first-order valence-corrected chi connectivity index (χ1v) is 4.62. The molecule has 1 rings (SSSR count). The summed E-state index contributed by atoms with van der Waals surface area (Å²) < 4.78 is 0. The summed E-state index contributed by atoms with van der Waals surface area (Å²) in [5.74, 6) is 0. The molecule has 1 aromatic rings. The Morgan fingerprint density at radius 3 is 2.71 bits per heavy atom. The largest absolute Gasteiger partial charge is 0.338 e. The van der Waals surface area contributed by atoms with Gasteiger partial charge in [0.1, 0.15) is 0 Å². The number of aromatic nitrogens is 1. The van der Waals surface area contributed by atoms with Gasteiger partial charge in [0, 0.05) is 32.5 Å². The van der Waals surface area contributed by atoms with Gasteiger partial charge in [-0.25, -0.2) is 4.79 Å². The van der Waals surface area contributed by atoms with Crippen molar-refractivity contribution in [3.63, 3.8) is 0 Å². The van der Waals surface area contributed by atoms with Crippen molar-refractivity contribution in [3.8, 4) is 0 Å². The van der Waals surface area contributed by atoms with Crippen LogP contribution in [0.5, 0.6) is 0 Å². The number of nitrogens with one attached hydrogen (secondary N) is 1. The number of nitrogens with zero attached hydrogens (tertiary/aromatic N) is 2. The highest BCUT2D eigenvalue weighted by Crippen LogP contribution is 2.00. The van der Waals surface area contributed by atoms with Gasteiger partial charge in [0.25, 0.3) is 0 Å². The van der Waals surface area contributed by atoms with Gasteiger partial charge in [-0.15, -0.1) is 0 Å². The highest BCUT2D eigenvalue weighted by atomic mass is 16.2. The van der Waals surface area contributed by atoms with Crippen molar-refractivity contribution >= 4 is 6.03 Å². The molecule has 0 saturated carbocycles. The first-order chi connectivity index (χ1) is 6.74. The van der Waals surface area contributed by atoms with E-state index in [1.807, 2.05) is 19.1 Å². The lowest BCUT2D eigenvalue weighted by Gasteiger charge is -2.17. The molecule has 0 aliphatic rings. The van der Waals surface area contributed by atoms with Crippen molar-refractivity contribution in [2.75, 3.05) is 13.6 Å². The zero-order valence-electron chi connectivity index (χ0n) is 8.53. The van der Waals surface area contributed by atoms with Gasteiger partial charge in [-0.3, -0.25) is 4.98 Å². The highest BCUT2D eigenvalue weighted by molar-refractivity contribution is 5.73. The van der Waals surface area contributed by atoms with Gasteiger partial charge in [-0.05, 0) is 24.6 Å². The second kappa shape index (κ2) is 5.21. The van der Waals surface area contributed by atoms with E-state index in [4.69, 9.17) is 0 Å². The first-order valence-electron chi connectivity index (χ1n) is 4.62. The monoisotopic (exact) mass is 193 g/mol. The van der Waals surface area contributed by atoms with Crippen LogP contribution < -0.4 is 5.32 Å². The third kappa shape index (κ3) is 3.05. The average molecular weight is 193 g/mol. The Labute approximate surface area is 83.9 Å². The van der Waals surface area contributed by atoms with Crippen molar-refractivity contribution in [2.24, 2.45) is 0 Å². The Balaban J connectivity index is 2.49. The summed E-state index contributed by atoms with van der Waals surface area (Å²) >= 11 is 0. The van der Waals surface area contributed by atoms with E-state index in [1.54, 1.807) is 24.3 Å². The van der Waals surface area contributed by atoms with Crippen molar-refractivity contribution in [1.29, 1.82) is 0 Å². The SMILES string of the molecule is CCNC(=O)N(C)Cc1ccncc1. The zero-order chi connectivity index (χ0) is 10.4. The van der Waals surface area contributed by atoms with E-state index in [9.17, 15) is 4.79 Å². The summed E-state index contributed by atoms with van der Waals surface area (Å²) in [6.45, 7) is 3.16. The van der Waals surface area contributed by atoms with Crippen LogP contribution in [0.1, 0.15) is 12.5 Å². The maximum Gasteiger partial charge on any atom is 0.317 e. The first kappa shape index (κ1) is 10.5. The lowest BCUT2D eigenvalue weighted by atomic mass is 10.2. The van der Waals surface area contributed by atoms with E-state index < -0.39 is 0 Å². The third-order valence-corrected chi connectivity index (χ3v) is 1.84. The van der Waals surface area contributed by atoms with Gasteiger partial charge < -0.3 is 10.2 Å². The van der Waals surface area contributed by atoms with Gasteiger partial charge in [0.15, 0.2) is 0 Å². The fourth-order valence-corrected chi connectivity index (χ4v) is 1.12. The summed E-state index contributed by atoms with van der Waals surface area (Å²) in [4.78, 5) is 16.9. The van der Waals surface area contributed by atoms with E-state index in [2.05, 4.69) is 10.3 Å². The molecule has 1 N–H and O–H groups in total. The smallest absolute Gasteiger partial charge is 0.317 e. The van der Waals surface area contributed by atoms with Crippen molar-refractivity contribution in [1.82, 2.24) is 15.2 Å². The zero-order valence-corrected chi connectivity index (χ0v) is 8.53. The van der Waals surface area contributed by atoms with Crippen molar-refractivity contribution in [3.05, 3.63) is 30.1 Å². The van der Waals surface area contributed by atoms with Crippen LogP contribution in [0, 0.1) is 0 Å². The second-order valence-electron chi connectivity index (χ2n) is 3.05. The van der Waals surface area contributed by atoms with Crippen LogP contribution in [0.4, 0.5) is 4.79 Å². The molecule has 0 aliphatic heterocycles. The van der Waals surface area contributed by atoms with Crippen LogP contribution in [-0.4, -0.2) is 29.5 Å². The number of carbonyl (C=O) groups is 1. The number of urea groups is 1. The van der Waals surface area contributed by atoms with E-state index in [0.717, 1.165) is 5.56 Å². The van der Waals surface area contributed by atoms with E-state index in [0.29, 0.717) is 13.1 Å². The predicted molar refractivity (Wildman–Crippen MR) is 54.8 cm³/mol. The molecule has 1 heterocycles. The fraction of sp³-hybridized carbons (Fsp3) is 0.400. The molecular weight excluding hydrogens is 178 g/mol. The number of hydrogen-bond acceptors (Lipinski definition) is 2. The molecule has 0 bridgehead atoms. The molecule has 1 aromatic heterocycles. The van der Waals surface area contributed by atoms with Crippen LogP contribution in [0.3, 0.4) is 0 Å². The molecular formula is C10H15N3O. The van der Waals surface area contributed by atoms with Gasteiger partial charge in [0.2, 0.25) is 0 Å². The Kier molecular flexibility index (Phi) is 3.91. The van der Waals surface area contributed by atoms with Gasteiger partial charge in [-0.1, -0.05) is 0 Å². The fourth-order valence-electron chi connectivity index (χ4n) is 1.12. The normalized spacial score (nSPS) is 9.57. The van der Waals surface area contributed by atoms with Crippen LogP contribution in [0.2, 0.25) is 0 Å². The molecule has 2 amide bonds. The maximum absolute atomic E-state index is 11.3. The number of hydrogen-bond donors (Lipinski definition) is 1. The van der Waals surface area contributed by atoms with Gasteiger partial charge in [0.05, 0.1) is 0 Å². The highest BCUT2D eigenvalue weighted by Gasteiger charge is 2.06. The standard InChI is InChI=1S/C10H15N3O/c1-3-12-10(14)13(2)8-9-4-6-11-7-5-9/h4-7H,3,8H2,1-2H3,(H,12,14). The molecule has 0 aliphatic carbocycles. The molecule has 0 atom stereocenters. The Morgan fingerprint density at radius 1 is 1.50 bits per heavy atom. The van der Waals surface area contributed by atoms with E-state index >= 15 is 0 Å². The number of pyridine rings is 1. The molecule has 0 aromatic carbocycles.